The van der Waals surface area contributed by atoms with Crippen molar-refractivity contribution in [1.29, 1.82) is 0 Å². The molecule has 0 unspecified atom stereocenters. The highest BCUT2D eigenvalue weighted by Gasteiger charge is 2.06. The van der Waals surface area contributed by atoms with E-state index in [-0.39, 0.29) is 17.0 Å². The summed E-state index contributed by atoms with van der Waals surface area (Å²) in [5.41, 5.74) is 0. The fourth-order valence-electron chi connectivity index (χ4n) is 1.72. The van der Waals surface area contributed by atoms with Crippen LogP contribution in [0.5, 0.6) is 0 Å². The molecule has 88 valence electrons. The van der Waals surface area contributed by atoms with Gasteiger partial charge in [-0.3, -0.25) is 0 Å². The van der Waals surface area contributed by atoms with Crippen molar-refractivity contribution in [3.05, 3.63) is 18.2 Å². The van der Waals surface area contributed by atoms with Crippen molar-refractivity contribution in [3.8, 4) is 0 Å². The molecule has 0 amide bonds. The van der Waals surface area contributed by atoms with Crippen molar-refractivity contribution in [3.63, 3.8) is 0 Å². The van der Waals surface area contributed by atoms with Crippen LogP contribution in [0.25, 0.3) is 0 Å². The third-order valence-corrected chi connectivity index (χ3v) is 2.90. The molecule has 3 heteroatoms. The number of aryl methyl sites for hydroxylation is 2. The van der Waals surface area contributed by atoms with Crippen LogP contribution in [0.15, 0.2) is 12.4 Å². The van der Waals surface area contributed by atoms with Crippen molar-refractivity contribution in [2.24, 2.45) is 7.05 Å². The fraction of sp³-hybridized carbons (Fsp3) is 0.750. The molecule has 1 aromatic heterocycles. The minimum absolute atomic E-state index is 0. The van der Waals surface area contributed by atoms with Crippen LogP contribution in [-0.4, -0.2) is 4.57 Å². The second-order valence-corrected chi connectivity index (χ2v) is 4.06. The standard InChI is InChI=1S/C12H23N2.BrH/c1-4-5-6-7-8-9-14-11-10-13(3)12(14)2;/h10-11H,4-9H2,1-3H3;1H/q+1;/p-1. The Morgan fingerprint density at radius 3 is 2.40 bits per heavy atom. The van der Waals surface area contributed by atoms with Gasteiger partial charge in [-0.2, -0.15) is 0 Å². The van der Waals surface area contributed by atoms with Crippen molar-refractivity contribution >= 4 is 0 Å². The van der Waals surface area contributed by atoms with Crippen LogP contribution in [0.3, 0.4) is 0 Å². The van der Waals surface area contributed by atoms with E-state index in [1.165, 1.54) is 44.5 Å². The van der Waals surface area contributed by atoms with E-state index in [1.807, 2.05) is 0 Å². The molecule has 0 aromatic carbocycles. The fourth-order valence-corrected chi connectivity index (χ4v) is 1.72. The lowest BCUT2D eigenvalue weighted by molar-refractivity contribution is -0.677. The predicted octanol–water partition coefficient (Wildman–Crippen LogP) is -0.405. The molecule has 1 aromatic rings. The van der Waals surface area contributed by atoms with Gasteiger partial charge >= 0.3 is 0 Å². The van der Waals surface area contributed by atoms with Gasteiger partial charge in [0, 0.05) is 6.92 Å². The molecule has 0 aliphatic carbocycles. The average molecular weight is 275 g/mol. The highest BCUT2D eigenvalue weighted by molar-refractivity contribution is 4.78. The number of imidazole rings is 1. The van der Waals surface area contributed by atoms with E-state index in [1.54, 1.807) is 0 Å². The maximum Gasteiger partial charge on any atom is 0.253 e. The van der Waals surface area contributed by atoms with Crippen LogP contribution in [-0.2, 0) is 13.6 Å². The van der Waals surface area contributed by atoms with E-state index in [2.05, 4.69) is 42.4 Å². The first-order chi connectivity index (χ1) is 6.75. The minimum Gasteiger partial charge on any atom is -1.00 e. The lowest BCUT2D eigenvalue weighted by Crippen LogP contribution is -3.00. The summed E-state index contributed by atoms with van der Waals surface area (Å²) in [7, 11) is 2.10. The zero-order chi connectivity index (χ0) is 10.4. The third kappa shape index (κ3) is 4.83. The normalized spacial score (nSPS) is 10.1. The van der Waals surface area contributed by atoms with E-state index in [9.17, 15) is 0 Å². The smallest absolute Gasteiger partial charge is 0.253 e. The predicted molar refractivity (Wildman–Crippen MR) is 59.1 cm³/mol. The van der Waals surface area contributed by atoms with Crippen LogP contribution in [0.1, 0.15) is 44.9 Å². The molecule has 0 bridgehead atoms. The zero-order valence-electron chi connectivity index (χ0n) is 10.2. The summed E-state index contributed by atoms with van der Waals surface area (Å²) < 4.78 is 4.51. The van der Waals surface area contributed by atoms with Crippen LogP contribution in [0.2, 0.25) is 0 Å². The molecule has 2 nitrogen and oxygen atoms in total. The van der Waals surface area contributed by atoms with E-state index in [0.717, 1.165) is 0 Å². The quantitative estimate of drug-likeness (QED) is 0.493. The lowest BCUT2D eigenvalue weighted by atomic mass is 10.1. The number of hydrogen-bond donors (Lipinski definition) is 0. The summed E-state index contributed by atoms with van der Waals surface area (Å²) in [5.74, 6) is 1.35. The molecule has 0 radical (unpaired) electrons. The molecule has 0 saturated heterocycles. The number of hydrogen-bond acceptors (Lipinski definition) is 0. The molecule has 15 heavy (non-hydrogen) atoms. The second kappa shape index (κ2) is 7.91. The Morgan fingerprint density at radius 1 is 1.20 bits per heavy atom. The Balaban J connectivity index is 0.00000196. The molecule has 0 aliphatic heterocycles. The molecule has 1 rings (SSSR count). The summed E-state index contributed by atoms with van der Waals surface area (Å²) in [4.78, 5) is 0. The highest BCUT2D eigenvalue weighted by atomic mass is 79.9. The van der Waals surface area contributed by atoms with Gasteiger partial charge in [0.15, 0.2) is 0 Å². The van der Waals surface area contributed by atoms with Crippen LogP contribution >= 0.6 is 0 Å². The van der Waals surface area contributed by atoms with Crippen molar-refractivity contribution in [2.75, 3.05) is 0 Å². The summed E-state index contributed by atoms with van der Waals surface area (Å²) >= 11 is 0. The number of rotatable bonds is 6. The van der Waals surface area contributed by atoms with Gasteiger partial charge in [0.25, 0.3) is 5.82 Å². The molecule has 0 saturated carbocycles. The first kappa shape index (κ1) is 14.7. The first-order valence-corrected chi connectivity index (χ1v) is 5.77. The van der Waals surface area contributed by atoms with Gasteiger partial charge in [-0.1, -0.05) is 26.2 Å². The summed E-state index contributed by atoms with van der Waals surface area (Å²) in [6.45, 7) is 5.61. The zero-order valence-corrected chi connectivity index (χ0v) is 11.8. The SMILES string of the molecule is CCCCCCCn1cc[n+](C)c1C.[Br-]. The molecular formula is C12H23BrN2. The number of nitrogens with zero attached hydrogens (tertiary/aromatic N) is 2. The van der Waals surface area contributed by atoms with E-state index >= 15 is 0 Å². The summed E-state index contributed by atoms with van der Waals surface area (Å²) in [6, 6.07) is 0. The maximum absolute atomic E-state index is 2.34. The molecule has 0 aliphatic rings. The minimum atomic E-state index is 0. The molecule has 0 atom stereocenters. The number of halogens is 1. The van der Waals surface area contributed by atoms with Gasteiger partial charge in [-0.25, -0.2) is 9.13 Å². The van der Waals surface area contributed by atoms with Crippen LogP contribution in [0.4, 0.5) is 0 Å². The van der Waals surface area contributed by atoms with E-state index in [0.29, 0.717) is 0 Å². The number of unbranched alkanes of at least 4 members (excludes halogenated alkanes) is 4. The highest BCUT2D eigenvalue weighted by Crippen LogP contribution is 2.04. The Hall–Kier alpha value is -0.310. The summed E-state index contributed by atoms with van der Waals surface area (Å²) in [6.07, 6.45) is 11.1. The van der Waals surface area contributed by atoms with Crippen molar-refractivity contribution in [1.82, 2.24) is 4.57 Å². The van der Waals surface area contributed by atoms with Crippen molar-refractivity contribution in [2.45, 2.75) is 52.5 Å². The van der Waals surface area contributed by atoms with Gasteiger partial charge in [-0.15, -0.1) is 0 Å². The Kier molecular flexibility index (Phi) is 7.75. The Labute approximate surface area is 104 Å². The Bertz CT molecular complexity index is 269. The number of aromatic nitrogens is 2. The van der Waals surface area contributed by atoms with E-state index in [4.69, 9.17) is 0 Å². The second-order valence-electron chi connectivity index (χ2n) is 4.06. The van der Waals surface area contributed by atoms with Crippen LogP contribution in [0, 0.1) is 6.92 Å². The first-order valence-electron chi connectivity index (χ1n) is 5.77. The van der Waals surface area contributed by atoms with Gasteiger partial charge in [0.05, 0.1) is 13.6 Å². The summed E-state index contributed by atoms with van der Waals surface area (Å²) in [5, 5.41) is 0. The monoisotopic (exact) mass is 274 g/mol. The topological polar surface area (TPSA) is 8.81 Å². The van der Waals surface area contributed by atoms with E-state index < -0.39 is 0 Å². The lowest BCUT2D eigenvalue weighted by Gasteiger charge is -1.99. The molecule has 0 N–H and O–H groups in total. The molecule has 0 fully saturated rings. The molecular weight excluding hydrogens is 252 g/mol. The third-order valence-electron chi connectivity index (χ3n) is 2.90. The molecule has 0 spiro atoms. The van der Waals surface area contributed by atoms with Gasteiger partial charge in [0.2, 0.25) is 0 Å². The average Bonchev–Trinajstić information content (AvgIpc) is 2.49. The van der Waals surface area contributed by atoms with Gasteiger partial charge in [-0.05, 0) is 12.8 Å². The van der Waals surface area contributed by atoms with Crippen LogP contribution < -0.4 is 21.5 Å². The largest absolute Gasteiger partial charge is 1.00 e. The van der Waals surface area contributed by atoms with Gasteiger partial charge in [0.1, 0.15) is 12.4 Å². The molecule has 1 heterocycles. The van der Waals surface area contributed by atoms with Crippen molar-refractivity contribution < 1.29 is 21.5 Å². The maximum atomic E-state index is 2.34. The van der Waals surface area contributed by atoms with Gasteiger partial charge < -0.3 is 17.0 Å². The Morgan fingerprint density at radius 2 is 1.87 bits per heavy atom.